The summed E-state index contributed by atoms with van der Waals surface area (Å²) in [6, 6.07) is 9.34. The molecule has 0 aliphatic heterocycles. The van der Waals surface area contributed by atoms with Crippen molar-refractivity contribution in [2.24, 2.45) is 0 Å². The van der Waals surface area contributed by atoms with Gasteiger partial charge in [-0.2, -0.15) is 11.8 Å². The van der Waals surface area contributed by atoms with E-state index in [4.69, 9.17) is 9.52 Å². The molecule has 0 radical (unpaired) electrons. The van der Waals surface area contributed by atoms with Crippen molar-refractivity contribution in [2.45, 2.75) is 26.0 Å². The van der Waals surface area contributed by atoms with Gasteiger partial charge in [-0.3, -0.25) is 9.59 Å². The molecule has 1 amide bonds. The van der Waals surface area contributed by atoms with Crippen molar-refractivity contribution in [1.82, 2.24) is 0 Å². The second-order valence-corrected chi connectivity index (χ2v) is 6.33. The van der Waals surface area contributed by atoms with Gasteiger partial charge < -0.3 is 14.8 Å². The van der Waals surface area contributed by atoms with E-state index < -0.39 is 5.97 Å². The molecule has 1 aromatic carbocycles. The first-order valence-corrected chi connectivity index (χ1v) is 8.38. The zero-order chi connectivity index (χ0) is 16.8. The van der Waals surface area contributed by atoms with Crippen LogP contribution in [0.25, 0.3) is 0 Å². The molecule has 0 aliphatic carbocycles. The summed E-state index contributed by atoms with van der Waals surface area (Å²) in [4.78, 5) is 22.7. The molecule has 0 saturated heterocycles. The monoisotopic (exact) mass is 333 g/mol. The number of furan rings is 1. The number of nitrogens with one attached hydrogen (secondary N) is 1. The molecule has 0 aliphatic rings. The molecule has 2 N–H and O–H groups in total. The Morgan fingerprint density at radius 1 is 1.26 bits per heavy atom. The molecule has 0 fully saturated rings. The van der Waals surface area contributed by atoms with Gasteiger partial charge in [-0.15, -0.1) is 0 Å². The van der Waals surface area contributed by atoms with Gasteiger partial charge in [0, 0.05) is 22.8 Å². The molecule has 23 heavy (non-hydrogen) atoms. The fraction of sp³-hybridized carbons (Fsp3) is 0.294. The first-order chi connectivity index (χ1) is 11.0. The quantitative estimate of drug-likeness (QED) is 0.752. The maximum absolute atomic E-state index is 12.2. The third-order valence-electron chi connectivity index (χ3n) is 3.16. The van der Waals surface area contributed by atoms with E-state index in [9.17, 15) is 9.59 Å². The smallest absolute Gasteiger partial charge is 0.304 e. The van der Waals surface area contributed by atoms with Crippen LogP contribution in [0.15, 0.2) is 34.7 Å². The molecular weight excluding hydrogens is 314 g/mol. The summed E-state index contributed by atoms with van der Waals surface area (Å²) >= 11 is 1.55. The molecule has 0 bridgehead atoms. The molecular formula is C17H19NO4S. The summed E-state index contributed by atoms with van der Waals surface area (Å²) in [5.74, 6) is 1.24. The standard InChI is InChI=1S/C17H19NO4S/c1-11-8-12(2)22-16(11)17(21)18-14-5-3-4-13(9-14)10-23-7-6-15(19)20/h3-5,8-9H,6-7,10H2,1-2H3,(H,18,21)(H,19,20). The third-order valence-corrected chi connectivity index (χ3v) is 4.19. The molecule has 1 aromatic heterocycles. The van der Waals surface area contributed by atoms with Gasteiger partial charge in [0.25, 0.3) is 5.91 Å². The summed E-state index contributed by atoms with van der Waals surface area (Å²) in [5, 5.41) is 11.4. The van der Waals surface area contributed by atoms with Crippen LogP contribution in [-0.4, -0.2) is 22.7 Å². The van der Waals surface area contributed by atoms with Crippen LogP contribution in [0.1, 0.15) is 33.9 Å². The molecule has 6 heteroatoms. The average molecular weight is 333 g/mol. The lowest BCUT2D eigenvalue weighted by molar-refractivity contribution is -0.136. The zero-order valence-electron chi connectivity index (χ0n) is 13.1. The molecule has 0 spiro atoms. The van der Waals surface area contributed by atoms with Crippen molar-refractivity contribution < 1.29 is 19.1 Å². The lowest BCUT2D eigenvalue weighted by Crippen LogP contribution is -2.12. The number of amides is 1. The van der Waals surface area contributed by atoms with Crippen LogP contribution >= 0.6 is 11.8 Å². The minimum absolute atomic E-state index is 0.151. The van der Waals surface area contributed by atoms with Crippen LogP contribution in [0.4, 0.5) is 5.69 Å². The Balaban J connectivity index is 1.95. The number of aryl methyl sites for hydroxylation is 2. The summed E-state index contributed by atoms with van der Waals surface area (Å²) in [6.07, 6.45) is 0.151. The number of thioether (sulfide) groups is 1. The maximum Gasteiger partial charge on any atom is 0.304 e. The normalized spacial score (nSPS) is 10.5. The number of aliphatic carboxylic acids is 1. The van der Waals surface area contributed by atoms with Crippen molar-refractivity contribution in [3.8, 4) is 0 Å². The van der Waals surface area contributed by atoms with Gasteiger partial charge in [0.05, 0.1) is 6.42 Å². The Labute approximate surface area is 139 Å². The second kappa shape index (κ2) is 7.87. The SMILES string of the molecule is Cc1cc(C)c(C(=O)Nc2cccc(CSCCC(=O)O)c2)o1. The Bertz CT molecular complexity index is 708. The highest BCUT2D eigenvalue weighted by Crippen LogP contribution is 2.19. The van der Waals surface area contributed by atoms with E-state index in [0.29, 0.717) is 28.7 Å². The van der Waals surface area contributed by atoms with Crippen molar-refractivity contribution in [3.05, 3.63) is 53.0 Å². The van der Waals surface area contributed by atoms with Crippen LogP contribution in [0.3, 0.4) is 0 Å². The van der Waals surface area contributed by atoms with Crippen LogP contribution in [0, 0.1) is 13.8 Å². The van der Waals surface area contributed by atoms with Crippen LogP contribution in [0.5, 0.6) is 0 Å². The summed E-state index contributed by atoms with van der Waals surface area (Å²) in [6.45, 7) is 3.64. The number of carbonyl (C=O) groups is 2. The molecule has 0 saturated carbocycles. The van der Waals surface area contributed by atoms with Crippen molar-refractivity contribution >= 4 is 29.3 Å². The van der Waals surface area contributed by atoms with E-state index in [1.54, 1.807) is 18.7 Å². The number of anilines is 1. The zero-order valence-corrected chi connectivity index (χ0v) is 13.9. The predicted octanol–water partition coefficient (Wildman–Crippen LogP) is 3.86. The number of hydrogen-bond acceptors (Lipinski definition) is 4. The first kappa shape index (κ1) is 17.1. The molecule has 0 unspecified atom stereocenters. The third kappa shape index (κ3) is 5.17. The Morgan fingerprint density at radius 3 is 2.70 bits per heavy atom. The van der Waals surface area contributed by atoms with Crippen molar-refractivity contribution in [1.29, 1.82) is 0 Å². The Hall–Kier alpha value is -2.21. The molecule has 2 aromatic rings. The van der Waals surface area contributed by atoms with E-state index >= 15 is 0 Å². The number of hydrogen-bond donors (Lipinski definition) is 2. The Kier molecular flexibility index (Phi) is 5.87. The number of carbonyl (C=O) groups excluding carboxylic acids is 1. The largest absolute Gasteiger partial charge is 0.481 e. The fourth-order valence-electron chi connectivity index (χ4n) is 2.14. The Morgan fingerprint density at radius 2 is 2.04 bits per heavy atom. The van der Waals surface area contributed by atoms with Crippen LogP contribution in [-0.2, 0) is 10.5 Å². The van der Waals surface area contributed by atoms with E-state index in [0.717, 1.165) is 11.1 Å². The summed E-state index contributed by atoms with van der Waals surface area (Å²) in [7, 11) is 0. The van der Waals surface area contributed by atoms with Gasteiger partial charge in [-0.1, -0.05) is 12.1 Å². The molecule has 122 valence electrons. The summed E-state index contributed by atoms with van der Waals surface area (Å²) < 4.78 is 5.41. The average Bonchev–Trinajstić information content (AvgIpc) is 2.83. The number of benzene rings is 1. The highest BCUT2D eigenvalue weighted by atomic mass is 32.2. The minimum Gasteiger partial charge on any atom is -0.481 e. The highest BCUT2D eigenvalue weighted by Gasteiger charge is 2.14. The predicted molar refractivity (Wildman–Crippen MR) is 91.0 cm³/mol. The fourth-order valence-corrected chi connectivity index (χ4v) is 3.02. The summed E-state index contributed by atoms with van der Waals surface area (Å²) in [5.41, 5.74) is 2.53. The number of carboxylic acids is 1. The maximum atomic E-state index is 12.2. The highest BCUT2D eigenvalue weighted by molar-refractivity contribution is 7.98. The van der Waals surface area contributed by atoms with Gasteiger partial charge in [0.1, 0.15) is 5.76 Å². The second-order valence-electron chi connectivity index (χ2n) is 5.22. The van der Waals surface area contributed by atoms with Gasteiger partial charge in [-0.25, -0.2) is 0 Å². The minimum atomic E-state index is -0.789. The van der Waals surface area contributed by atoms with E-state index in [2.05, 4.69) is 5.32 Å². The lowest BCUT2D eigenvalue weighted by Gasteiger charge is -2.07. The molecule has 1 heterocycles. The molecule has 5 nitrogen and oxygen atoms in total. The van der Waals surface area contributed by atoms with Crippen molar-refractivity contribution in [3.63, 3.8) is 0 Å². The molecule has 0 atom stereocenters. The van der Waals surface area contributed by atoms with Crippen LogP contribution in [0.2, 0.25) is 0 Å². The van der Waals surface area contributed by atoms with Crippen LogP contribution < -0.4 is 5.32 Å². The van der Waals surface area contributed by atoms with Crippen molar-refractivity contribution in [2.75, 3.05) is 11.1 Å². The van der Waals surface area contributed by atoms with Gasteiger partial charge in [0.2, 0.25) is 0 Å². The van der Waals surface area contributed by atoms with E-state index in [-0.39, 0.29) is 12.3 Å². The van der Waals surface area contributed by atoms with Gasteiger partial charge in [0.15, 0.2) is 5.76 Å². The number of rotatable bonds is 7. The van der Waals surface area contributed by atoms with E-state index in [1.807, 2.05) is 37.3 Å². The van der Waals surface area contributed by atoms with Gasteiger partial charge >= 0.3 is 5.97 Å². The first-order valence-electron chi connectivity index (χ1n) is 7.22. The topological polar surface area (TPSA) is 79.5 Å². The van der Waals surface area contributed by atoms with E-state index in [1.165, 1.54) is 0 Å². The lowest BCUT2D eigenvalue weighted by atomic mass is 10.2. The van der Waals surface area contributed by atoms with Gasteiger partial charge in [-0.05, 0) is 37.6 Å². The molecule has 2 rings (SSSR count). The number of carboxylic acid groups (broad SMARTS) is 1.